The molecule has 2 aliphatic rings. The first kappa shape index (κ1) is 25.1. The molecule has 36 heavy (non-hydrogen) atoms. The van der Waals surface area contributed by atoms with E-state index in [0.717, 1.165) is 42.1 Å². The van der Waals surface area contributed by atoms with Gasteiger partial charge in [0.15, 0.2) is 0 Å². The molecular weight excluding hydrogens is 486 g/mol. The molecule has 6 nitrogen and oxygen atoms in total. The van der Waals surface area contributed by atoms with Crippen molar-refractivity contribution in [2.75, 3.05) is 32.7 Å². The quantitative estimate of drug-likeness (QED) is 0.239. The molecule has 0 unspecified atom stereocenters. The highest BCUT2D eigenvalue weighted by molar-refractivity contribution is 8.26. The lowest BCUT2D eigenvalue weighted by Gasteiger charge is -2.34. The van der Waals surface area contributed by atoms with E-state index in [1.54, 1.807) is 0 Å². The number of pyridine rings is 1. The fraction of sp³-hybridized carbons (Fsp3) is 0.393. The van der Waals surface area contributed by atoms with Gasteiger partial charge in [-0.05, 0) is 48.4 Å². The van der Waals surface area contributed by atoms with Gasteiger partial charge in [0.05, 0.1) is 16.8 Å². The Kier molecular flexibility index (Phi) is 8.16. The standard InChI is InChI=1S/C28H33N5OS2/c1-2-3-4-5-11-31-12-14-32(15-13-31)19-21-7-6-8-23(16-21)24-18-29-26-10-9-22(20-33(24)26)17-25-27(34)30-28(35)36-25/h6-10,16-18,20H,2-5,11-15,19H2,1H3,(H,30,34,35)/b25-17-. The van der Waals surface area contributed by atoms with Crippen LogP contribution in [-0.4, -0.2) is 62.1 Å². The number of carbonyl (C=O) groups is 1. The van der Waals surface area contributed by atoms with Gasteiger partial charge < -0.3 is 10.2 Å². The van der Waals surface area contributed by atoms with E-state index in [0.29, 0.717) is 9.23 Å². The van der Waals surface area contributed by atoms with Crippen LogP contribution in [0.2, 0.25) is 0 Å². The van der Waals surface area contributed by atoms with Gasteiger partial charge in [-0.2, -0.15) is 0 Å². The summed E-state index contributed by atoms with van der Waals surface area (Å²) in [5, 5.41) is 2.67. The number of thioether (sulfide) groups is 1. The number of nitrogens with one attached hydrogen (secondary N) is 1. The van der Waals surface area contributed by atoms with Gasteiger partial charge in [-0.25, -0.2) is 4.98 Å². The molecule has 8 heteroatoms. The van der Waals surface area contributed by atoms with E-state index in [1.165, 1.54) is 62.6 Å². The summed E-state index contributed by atoms with van der Waals surface area (Å²) in [5.41, 5.74) is 5.33. The molecule has 1 N–H and O–H groups in total. The van der Waals surface area contributed by atoms with Gasteiger partial charge in [-0.15, -0.1) is 0 Å². The molecule has 2 saturated heterocycles. The van der Waals surface area contributed by atoms with Crippen LogP contribution in [0.15, 0.2) is 53.7 Å². The minimum Gasteiger partial charge on any atom is -0.307 e. The predicted octanol–water partition coefficient (Wildman–Crippen LogP) is 5.19. The minimum atomic E-state index is -0.138. The maximum atomic E-state index is 12.1. The SMILES string of the molecule is CCCCCCN1CCN(Cc2cccc(-c3cnc4ccc(/C=C5\SC(=S)NC5=O)cn34)c2)CC1. The minimum absolute atomic E-state index is 0.138. The Labute approximate surface area is 222 Å². The fourth-order valence-electron chi connectivity index (χ4n) is 4.89. The van der Waals surface area contributed by atoms with Crippen LogP contribution in [0.4, 0.5) is 0 Å². The van der Waals surface area contributed by atoms with Crippen LogP contribution in [-0.2, 0) is 11.3 Å². The highest BCUT2D eigenvalue weighted by Crippen LogP contribution is 2.27. The van der Waals surface area contributed by atoms with Gasteiger partial charge in [0.1, 0.15) is 9.97 Å². The van der Waals surface area contributed by atoms with E-state index in [9.17, 15) is 4.79 Å². The highest BCUT2D eigenvalue weighted by atomic mass is 32.2. The number of benzene rings is 1. The molecule has 2 aromatic heterocycles. The Bertz CT molecular complexity index is 1280. The zero-order valence-corrected chi connectivity index (χ0v) is 22.4. The largest absolute Gasteiger partial charge is 0.307 e. The molecule has 2 fully saturated rings. The summed E-state index contributed by atoms with van der Waals surface area (Å²) in [7, 11) is 0. The van der Waals surface area contributed by atoms with Gasteiger partial charge in [0, 0.05) is 44.5 Å². The third-order valence-electron chi connectivity index (χ3n) is 6.89. The Morgan fingerprint density at radius 3 is 2.69 bits per heavy atom. The number of hydrogen-bond acceptors (Lipinski definition) is 6. The second-order valence-corrected chi connectivity index (χ2v) is 11.3. The molecule has 0 saturated carbocycles. The predicted molar refractivity (Wildman–Crippen MR) is 153 cm³/mol. The normalized spacial score (nSPS) is 18.4. The first-order valence-corrected chi connectivity index (χ1v) is 14.1. The van der Waals surface area contributed by atoms with Crippen molar-refractivity contribution in [1.82, 2.24) is 24.5 Å². The van der Waals surface area contributed by atoms with Crippen molar-refractivity contribution in [2.24, 2.45) is 0 Å². The van der Waals surface area contributed by atoms with Crippen molar-refractivity contribution < 1.29 is 4.79 Å². The average molecular weight is 520 g/mol. The van der Waals surface area contributed by atoms with Crippen molar-refractivity contribution in [3.63, 3.8) is 0 Å². The molecule has 4 heterocycles. The van der Waals surface area contributed by atoms with E-state index in [4.69, 9.17) is 12.2 Å². The molecule has 188 valence electrons. The number of aromatic nitrogens is 2. The Hall–Kier alpha value is -2.52. The van der Waals surface area contributed by atoms with Gasteiger partial charge in [0.25, 0.3) is 5.91 Å². The molecule has 1 amide bonds. The number of amides is 1. The number of unbranched alkanes of at least 4 members (excludes halogenated alkanes) is 3. The molecule has 5 rings (SSSR count). The van der Waals surface area contributed by atoms with Crippen LogP contribution in [0.1, 0.15) is 43.7 Å². The van der Waals surface area contributed by atoms with Crippen LogP contribution < -0.4 is 5.32 Å². The second kappa shape index (κ2) is 11.7. The summed E-state index contributed by atoms with van der Waals surface area (Å²) in [5.74, 6) is -0.138. The number of rotatable bonds is 9. The van der Waals surface area contributed by atoms with Crippen LogP contribution in [0, 0.1) is 0 Å². The number of thiocarbonyl (C=S) groups is 1. The van der Waals surface area contributed by atoms with Crippen molar-refractivity contribution in [3.05, 3.63) is 64.8 Å². The lowest BCUT2D eigenvalue weighted by Crippen LogP contribution is -2.46. The molecule has 0 radical (unpaired) electrons. The maximum Gasteiger partial charge on any atom is 0.263 e. The molecule has 0 atom stereocenters. The van der Waals surface area contributed by atoms with Crippen molar-refractivity contribution in [2.45, 2.75) is 39.2 Å². The molecule has 0 aliphatic carbocycles. The Morgan fingerprint density at radius 2 is 1.92 bits per heavy atom. The van der Waals surface area contributed by atoms with E-state index in [-0.39, 0.29) is 5.91 Å². The number of hydrogen-bond donors (Lipinski definition) is 1. The molecular formula is C28H33N5OS2. The van der Waals surface area contributed by atoms with Gasteiger partial charge >= 0.3 is 0 Å². The van der Waals surface area contributed by atoms with Gasteiger partial charge in [-0.3, -0.25) is 14.1 Å². The Balaban J connectivity index is 1.26. The third-order valence-corrected chi connectivity index (χ3v) is 8.05. The number of imidazole rings is 1. The first-order valence-electron chi connectivity index (χ1n) is 12.8. The topological polar surface area (TPSA) is 52.9 Å². The number of fused-ring (bicyclic) bond motifs is 1. The van der Waals surface area contributed by atoms with Crippen LogP contribution in [0.3, 0.4) is 0 Å². The average Bonchev–Trinajstić information content (AvgIpc) is 3.44. The summed E-state index contributed by atoms with van der Waals surface area (Å²) in [6.07, 6.45) is 11.2. The molecule has 2 aliphatic heterocycles. The van der Waals surface area contributed by atoms with E-state index >= 15 is 0 Å². The number of piperazine rings is 1. The van der Waals surface area contributed by atoms with Gasteiger partial charge in [0.2, 0.25) is 0 Å². The number of carbonyl (C=O) groups excluding carboxylic acids is 1. The first-order chi connectivity index (χ1) is 17.6. The lowest BCUT2D eigenvalue weighted by atomic mass is 10.1. The lowest BCUT2D eigenvalue weighted by molar-refractivity contribution is -0.115. The van der Waals surface area contributed by atoms with E-state index in [1.807, 2.05) is 30.6 Å². The fourth-order valence-corrected chi connectivity index (χ4v) is 5.93. The van der Waals surface area contributed by atoms with Crippen molar-refractivity contribution in [1.29, 1.82) is 0 Å². The highest BCUT2D eigenvalue weighted by Gasteiger charge is 2.22. The zero-order valence-electron chi connectivity index (χ0n) is 20.8. The Morgan fingerprint density at radius 1 is 1.08 bits per heavy atom. The van der Waals surface area contributed by atoms with Crippen LogP contribution in [0.5, 0.6) is 0 Å². The summed E-state index contributed by atoms with van der Waals surface area (Å²) >= 11 is 6.41. The summed E-state index contributed by atoms with van der Waals surface area (Å²) in [6, 6.07) is 12.7. The summed E-state index contributed by atoms with van der Waals surface area (Å²) in [4.78, 5) is 22.5. The van der Waals surface area contributed by atoms with Crippen molar-refractivity contribution in [3.8, 4) is 11.3 Å². The van der Waals surface area contributed by atoms with Crippen LogP contribution >= 0.6 is 24.0 Å². The summed E-state index contributed by atoms with van der Waals surface area (Å²) < 4.78 is 2.60. The maximum absolute atomic E-state index is 12.1. The van der Waals surface area contributed by atoms with E-state index < -0.39 is 0 Å². The monoisotopic (exact) mass is 519 g/mol. The second-order valence-electron chi connectivity index (χ2n) is 9.57. The zero-order chi connectivity index (χ0) is 24.9. The summed E-state index contributed by atoms with van der Waals surface area (Å²) in [6.45, 7) is 9.06. The third kappa shape index (κ3) is 6.06. The molecule has 0 bridgehead atoms. The van der Waals surface area contributed by atoms with Gasteiger partial charge in [-0.1, -0.05) is 68.4 Å². The molecule has 3 aromatic rings. The molecule has 1 aromatic carbocycles. The number of nitrogens with zero attached hydrogens (tertiary/aromatic N) is 4. The smallest absolute Gasteiger partial charge is 0.263 e. The van der Waals surface area contributed by atoms with Crippen molar-refractivity contribution >= 4 is 45.9 Å². The van der Waals surface area contributed by atoms with E-state index in [2.05, 4.69) is 55.7 Å². The molecule has 0 spiro atoms. The van der Waals surface area contributed by atoms with Crippen LogP contribution in [0.25, 0.3) is 23.0 Å².